The van der Waals surface area contributed by atoms with Crippen molar-refractivity contribution < 1.29 is 13.2 Å². The molecule has 1 aromatic heterocycles. The summed E-state index contributed by atoms with van der Waals surface area (Å²) in [4.78, 5) is 6.05. The van der Waals surface area contributed by atoms with Crippen molar-refractivity contribution in [3.05, 3.63) is 18.2 Å². The SMILES string of the molecule is Cn1cncc1CN1CCC(C(F)(F)F)CC1. The quantitative estimate of drug-likeness (QED) is 0.798. The number of aromatic nitrogens is 2. The average Bonchev–Trinajstić information content (AvgIpc) is 2.64. The lowest BCUT2D eigenvalue weighted by Gasteiger charge is -2.32. The number of imidazole rings is 1. The van der Waals surface area contributed by atoms with Crippen LogP contribution in [-0.2, 0) is 13.6 Å². The molecule has 96 valence electrons. The molecule has 1 fully saturated rings. The Kier molecular flexibility index (Phi) is 3.42. The molecular formula is C11H16F3N3. The van der Waals surface area contributed by atoms with Crippen molar-refractivity contribution in [1.29, 1.82) is 0 Å². The van der Waals surface area contributed by atoms with Gasteiger partial charge in [0.25, 0.3) is 0 Å². The lowest BCUT2D eigenvalue weighted by atomic mass is 9.96. The van der Waals surface area contributed by atoms with Crippen LogP contribution in [0.2, 0.25) is 0 Å². The van der Waals surface area contributed by atoms with Crippen LogP contribution in [0.4, 0.5) is 13.2 Å². The van der Waals surface area contributed by atoms with E-state index in [9.17, 15) is 13.2 Å². The summed E-state index contributed by atoms with van der Waals surface area (Å²) in [6.45, 7) is 1.70. The summed E-state index contributed by atoms with van der Waals surface area (Å²) in [6, 6.07) is 0. The number of aryl methyl sites for hydroxylation is 1. The van der Waals surface area contributed by atoms with E-state index in [-0.39, 0.29) is 12.8 Å². The average molecular weight is 247 g/mol. The van der Waals surface area contributed by atoms with Crippen LogP contribution in [0, 0.1) is 5.92 Å². The van der Waals surface area contributed by atoms with Crippen LogP contribution in [0.25, 0.3) is 0 Å². The van der Waals surface area contributed by atoms with Crippen LogP contribution >= 0.6 is 0 Å². The molecule has 1 aromatic rings. The van der Waals surface area contributed by atoms with Crippen molar-refractivity contribution in [2.24, 2.45) is 13.0 Å². The van der Waals surface area contributed by atoms with Gasteiger partial charge in [-0.2, -0.15) is 13.2 Å². The molecule has 0 aromatic carbocycles. The fourth-order valence-electron chi connectivity index (χ4n) is 2.18. The number of rotatable bonds is 2. The topological polar surface area (TPSA) is 21.1 Å². The third-order valence-corrected chi connectivity index (χ3v) is 3.35. The van der Waals surface area contributed by atoms with Gasteiger partial charge in [0.2, 0.25) is 0 Å². The molecule has 1 aliphatic rings. The molecule has 2 rings (SSSR count). The van der Waals surface area contributed by atoms with Crippen LogP contribution in [0.1, 0.15) is 18.5 Å². The van der Waals surface area contributed by atoms with Crippen molar-refractivity contribution in [2.75, 3.05) is 13.1 Å². The van der Waals surface area contributed by atoms with Gasteiger partial charge in [0, 0.05) is 19.8 Å². The predicted molar refractivity (Wildman–Crippen MR) is 57.3 cm³/mol. The Labute approximate surface area is 98.2 Å². The van der Waals surface area contributed by atoms with Gasteiger partial charge in [-0.05, 0) is 25.9 Å². The number of hydrogen-bond acceptors (Lipinski definition) is 2. The maximum absolute atomic E-state index is 12.5. The Morgan fingerprint density at radius 2 is 2.00 bits per heavy atom. The molecule has 6 heteroatoms. The van der Waals surface area contributed by atoms with Crippen molar-refractivity contribution in [1.82, 2.24) is 14.5 Å². The molecule has 0 atom stereocenters. The lowest BCUT2D eigenvalue weighted by molar-refractivity contribution is -0.185. The van der Waals surface area contributed by atoms with Gasteiger partial charge < -0.3 is 4.57 Å². The third kappa shape index (κ3) is 3.00. The van der Waals surface area contributed by atoms with Crippen LogP contribution in [-0.4, -0.2) is 33.7 Å². The van der Waals surface area contributed by atoms with Gasteiger partial charge in [-0.3, -0.25) is 4.90 Å². The monoisotopic (exact) mass is 247 g/mol. The summed E-state index contributed by atoms with van der Waals surface area (Å²) in [7, 11) is 1.89. The molecule has 0 bridgehead atoms. The number of piperidine rings is 1. The Bertz CT molecular complexity index is 364. The zero-order chi connectivity index (χ0) is 12.5. The van der Waals surface area contributed by atoms with E-state index in [4.69, 9.17) is 0 Å². The van der Waals surface area contributed by atoms with Crippen LogP contribution < -0.4 is 0 Å². The highest BCUT2D eigenvalue weighted by molar-refractivity contribution is 4.97. The van der Waals surface area contributed by atoms with Gasteiger partial charge >= 0.3 is 6.18 Å². The minimum Gasteiger partial charge on any atom is -0.337 e. The van der Waals surface area contributed by atoms with E-state index < -0.39 is 12.1 Å². The van der Waals surface area contributed by atoms with Crippen LogP contribution in [0.5, 0.6) is 0 Å². The summed E-state index contributed by atoms with van der Waals surface area (Å²) < 4.78 is 39.3. The predicted octanol–water partition coefficient (Wildman–Crippen LogP) is 2.19. The van der Waals surface area contributed by atoms with E-state index in [2.05, 4.69) is 9.88 Å². The van der Waals surface area contributed by atoms with E-state index >= 15 is 0 Å². The molecule has 0 aliphatic carbocycles. The number of nitrogens with zero attached hydrogens (tertiary/aromatic N) is 3. The molecule has 0 radical (unpaired) electrons. The fourth-order valence-corrected chi connectivity index (χ4v) is 2.18. The van der Waals surface area contributed by atoms with Crippen molar-refractivity contribution in [3.63, 3.8) is 0 Å². The molecular weight excluding hydrogens is 231 g/mol. The minimum atomic E-state index is -4.03. The first kappa shape index (κ1) is 12.4. The largest absolute Gasteiger partial charge is 0.391 e. The van der Waals surface area contributed by atoms with Crippen LogP contribution in [0.3, 0.4) is 0 Å². The molecule has 0 amide bonds. The summed E-state index contributed by atoms with van der Waals surface area (Å²) in [5.74, 6) is -1.12. The van der Waals surface area contributed by atoms with E-state index in [1.165, 1.54) is 0 Å². The summed E-state index contributed by atoms with van der Waals surface area (Å²) >= 11 is 0. The first-order valence-corrected chi connectivity index (χ1v) is 5.71. The highest BCUT2D eigenvalue weighted by atomic mass is 19.4. The molecule has 0 N–H and O–H groups in total. The summed E-state index contributed by atoms with van der Waals surface area (Å²) in [5, 5.41) is 0. The van der Waals surface area contributed by atoms with Crippen molar-refractivity contribution in [3.8, 4) is 0 Å². The zero-order valence-corrected chi connectivity index (χ0v) is 9.74. The van der Waals surface area contributed by atoms with E-state index in [1.807, 2.05) is 11.6 Å². The Balaban J connectivity index is 1.86. The fraction of sp³-hybridized carbons (Fsp3) is 0.727. The van der Waals surface area contributed by atoms with Gasteiger partial charge in [-0.25, -0.2) is 4.98 Å². The molecule has 17 heavy (non-hydrogen) atoms. The molecule has 1 saturated heterocycles. The van der Waals surface area contributed by atoms with Gasteiger partial charge in [-0.1, -0.05) is 0 Å². The lowest BCUT2D eigenvalue weighted by Crippen LogP contribution is -2.38. The summed E-state index contributed by atoms with van der Waals surface area (Å²) in [5.41, 5.74) is 1.04. The Hall–Kier alpha value is -1.04. The molecule has 1 aliphatic heterocycles. The van der Waals surface area contributed by atoms with Crippen molar-refractivity contribution in [2.45, 2.75) is 25.6 Å². The first-order valence-electron chi connectivity index (χ1n) is 5.71. The minimum absolute atomic E-state index is 0.210. The van der Waals surface area contributed by atoms with Crippen molar-refractivity contribution >= 4 is 0 Å². The molecule has 2 heterocycles. The van der Waals surface area contributed by atoms with Crippen LogP contribution in [0.15, 0.2) is 12.5 Å². The highest BCUT2D eigenvalue weighted by Gasteiger charge is 2.40. The maximum Gasteiger partial charge on any atom is 0.391 e. The number of halogens is 3. The smallest absolute Gasteiger partial charge is 0.337 e. The summed E-state index contributed by atoms with van der Waals surface area (Å²) in [6.07, 6.45) is -0.144. The first-order chi connectivity index (χ1) is 7.97. The van der Waals surface area contributed by atoms with Gasteiger partial charge in [-0.15, -0.1) is 0 Å². The zero-order valence-electron chi connectivity index (χ0n) is 9.74. The van der Waals surface area contributed by atoms with Gasteiger partial charge in [0.1, 0.15) is 0 Å². The molecule has 3 nitrogen and oxygen atoms in total. The highest BCUT2D eigenvalue weighted by Crippen LogP contribution is 2.34. The second kappa shape index (κ2) is 4.68. The Morgan fingerprint density at radius 1 is 1.35 bits per heavy atom. The van der Waals surface area contributed by atoms with Gasteiger partial charge in [0.15, 0.2) is 0 Å². The third-order valence-electron chi connectivity index (χ3n) is 3.35. The normalized spacial score (nSPS) is 19.8. The molecule has 0 saturated carbocycles. The van der Waals surface area contributed by atoms with E-state index in [1.54, 1.807) is 12.5 Å². The number of hydrogen-bond donors (Lipinski definition) is 0. The second-order valence-corrected chi connectivity index (χ2v) is 4.59. The van der Waals surface area contributed by atoms with E-state index in [0.717, 1.165) is 5.69 Å². The standard InChI is InChI=1S/C11H16F3N3/c1-16-8-15-6-10(16)7-17-4-2-9(3-5-17)11(12,13)14/h6,8-9H,2-5,7H2,1H3. The molecule has 0 unspecified atom stereocenters. The Morgan fingerprint density at radius 3 is 2.47 bits per heavy atom. The number of likely N-dealkylation sites (tertiary alicyclic amines) is 1. The second-order valence-electron chi connectivity index (χ2n) is 4.59. The maximum atomic E-state index is 12.5. The van der Waals surface area contributed by atoms with E-state index in [0.29, 0.717) is 19.6 Å². The molecule has 0 spiro atoms. The number of alkyl halides is 3. The van der Waals surface area contributed by atoms with Gasteiger partial charge in [0.05, 0.1) is 17.9 Å².